The normalized spacial score (nSPS) is 17.0. The zero-order valence-electron chi connectivity index (χ0n) is 16.8. The number of benzene rings is 1. The molecule has 1 aromatic rings. The molecule has 5 nitrogen and oxygen atoms in total. The van der Waals surface area contributed by atoms with E-state index in [4.69, 9.17) is 16.3 Å². The number of guanidine groups is 1. The molecule has 2 N–H and O–H groups in total. The smallest absolute Gasteiger partial charge is 0.190 e. The Bertz CT molecular complexity index is 585. The van der Waals surface area contributed by atoms with Crippen molar-refractivity contribution in [1.82, 2.24) is 10.6 Å². The van der Waals surface area contributed by atoms with Gasteiger partial charge in [-0.3, -0.25) is 4.99 Å². The number of ether oxygens (including phenoxy) is 1. The highest BCUT2D eigenvalue weighted by molar-refractivity contribution is 14.0. The number of hydrogen-bond acceptors (Lipinski definition) is 3. The van der Waals surface area contributed by atoms with Crippen molar-refractivity contribution in [3.05, 3.63) is 28.8 Å². The summed E-state index contributed by atoms with van der Waals surface area (Å²) in [5.74, 6) is 1.50. The third kappa shape index (κ3) is 8.44. The summed E-state index contributed by atoms with van der Waals surface area (Å²) in [6, 6.07) is 6.13. The van der Waals surface area contributed by atoms with Crippen LogP contribution in [0.2, 0.25) is 5.02 Å². The molecule has 0 aromatic heterocycles. The van der Waals surface area contributed by atoms with Crippen molar-refractivity contribution >= 4 is 47.2 Å². The lowest BCUT2D eigenvalue weighted by Crippen LogP contribution is -2.40. The van der Waals surface area contributed by atoms with Crippen molar-refractivity contribution in [2.75, 3.05) is 51.3 Å². The molecule has 154 valence electrons. The Hall–Kier alpha value is -0.730. The lowest BCUT2D eigenvalue weighted by atomic mass is 10.1. The van der Waals surface area contributed by atoms with Gasteiger partial charge in [0.05, 0.1) is 0 Å². The first-order valence-electron chi connectivity index (χ1n) is 9.67. The van der Waals surface area contributed by atoms with Gasteiger partial charge >= 0.3 is 0 Å². The van der Waals surface area contributed by atoms with Gasteiger partial charge in [-0.15, -0.1) is 24.0 Å². The quantitative estimate of drug-likeness (QED) is 0.228. The van der Waals surface area contributed by atoms with Gasteiger partial charge in [-0.1, -0.05) is 17.7 Å². The number of nitrogens with one attached hydrogen (secondary N) is 2. The van der Waals surface area contributed by atoms with E-state index in [0.29, 0.717) is 5.92 Å². The summed E-state index contributed by atoms with van der Waals surface area (Å²) in [4.78, 5) is 6.76. The van der Waals surface area contributed by atoms with Crippen LogP contribution in [0.5, 0.6) is 0 Å². The summed E-state index contributed by atoms with van der Waals surface area (Å²) in [7, 11) is 1.83. The van der Waals surface area contributed by atoms with Gasteiger partial charge in [0, 0.05) is 57.2 Å². The topological polar surface area (TPSA) is 48.9 Å². The Labute approximate surface area is 186 Å². The first-order valence-corrected chi connectivity index (χ1v) is 10.0. The van der Waals surface area contributed by atoms with Gasteiger partial charge in [0.15, 0.2) is 5.96 Å². The van der Waals surface area contributed by atoms with Crippen molar-refractivity contribution < 1.29 is 4.74 Å². The molecule has 1 aliphatic rings. The van der Waals surface area contributed by atoms with E-state index in [-0.39, 0.29) is 24.0 Å². The van der Waals surface area contributed by atoms with Crippen LogP contribution in [0.1, 0.15) is 31.7 Å². The summed E-state index contributed by atoms with van der Waals surface area (Å²) >= 11 is 6.17. The Morgan fingerprint density at radius 3 is 2.89 bits per heavy atom. The molecule has 1 fully saturated rings. The molecule has 0 saturated carbocycles. The van der Waals surface area contributed by atoms with E-state index in [1.54, 1.807) is 0 Å². The summed E-state index contributed by atoms with van der Waals surface area (Å²) in [5, 5.41) is 7.65. The lowest BCUT2D eigenvalue weighted by Gasteiger charge is -2.21. The Morgan fingerprint density at radius 2 is 2.15 bits per heavy atom. The van der Waals surface area contributed by atoms with Crippen molar-refractivity contribution in [2.24, 2.45) is 10.9 Å². The molecule has 0 spiro atoms. The fraction of sp³-hybridized carbons (Fsp3) is 0.650. The van der Waals surface area contributed by atoms with Crippen LogP contribution in [0.25, 0.3) is 0 Å². The molecule has 1 saturated heterocycles. The number of halogens is 2. The average molecular weight is 509 g/mol. The van der Waals surface area contributed by atoms with E-state index in [1.807, 2.05) is 20.0 Å². The molecule has 0 radical (unpaired) electrons. The highest BCUT2D eigenvalue weighted by Crippen LogP contribution is 2.29. The SMILES string of the molecule is CCOCCCCNC(=NC)NCC1CCN(c2cc(Cl)ccc2C)C1.I. The van der Waals surface area contributed by atoms with Crippen molar-refractivity contribution in [3.63, 3.8) is 0 Å². The minimum atomic E-state index is 0. The molecule has 7 heteroatoms. The first kappa shape index (κ1) is 24.3. The van der Waals surface area contributed by atoms with Crippen LogP contribution in [0.15, 0.2) is 23.2 Å². The van der Waals surface area contributed by atoms with Crippen molar-refractivity contribution in [3.8, 4) is 0 Å². The summed E-state index contributed by atoms with van der Waals surface area (Å²) in [5.41, 5.74) is 2.55. The van der Waals surface area contributed by atoms with E-state index < -0.39 is 0 Å². The minimum absolute atomic E-state index is 0. The highest BCUT2D eigenvalue weighted by Gasteiger charge is 2.23. The highest BCUT2D eigenvalue weighted by atomic mass is 127. The minimum Gasteiger partial charge on any atom is -0.382 e. The van der Waals surface area contributed by atoms with Crippen LogP contribution in [0, 0.1) is 12.8 Å². The van der Waals surface area contributed by atoms with Gasteiger partial charge < -0.3 is 20.3 Å². The number of unbranched alkanes of at least 4 members (excludes halogenated alkanes) is 1. The molecule has 2 rings (SSSR count). The van der Waals surface area contributed by atoms with E-state index in [2.05, 4.69) is 39.6 Å². The maximum absolute atomic E-state index is 6.17. The number of nitrogens with zero attached hydrogens (tertiary/aromatic N) is 2. The molecule has 0 bridgehead atoms. The second kappa shape index (κ2) is 13.4. The molecular formula is C20H34ClIN4O. The molecular weight excluding hydrogens is 475 g/mol. The lowest BCUT2D eigenvalue weighted by molar-refractivity contribution is 0.143. The van der Waals surface area contributed by atoms with Crippen LogP contribution < -0.4 is 15.5 Å². The standard InChI is InChI=1S/C20H33ClN4O.HI/c1-4-26-12-6-5-10-23-20(22-3)24-14-17-9-11-25(15-17)19-13-18(21)8-7-16(19)2;/h7-8,13,17H,4-6,9-12,14-15H2,1-3H3,(H2,22,23,24);1H. The summed E-state index contributed by atoms with van der Waals surface area (Å²) in [6.45, 7) is 9.81. The first-order chi connectivity index (χ1) is 12.6. The number of hydrogen-bond donors (Lipinski definition) is 2. The number of anilines is 1. The maximum atomic E-state index is 6.17. The monoisotopic (exact) mass is 508 g/mol. The van der Waals surface area contributed by atoms with Crippen molar-refractivity contribution in [2.45, 2.75) is 33.1 Å². The third-order valence-corrected chi connectivity index (χ3v) is 5.03. The third-order valence-electron chi connectivity index (χ3n) is 4.79. The van der Waals surface area contributed by atoms with Gasteiger partial charge in [0.25, 0.3) is 0 Å². The average Bonchev–Trinajstić information content (AvgIpc) is 3.11. The van der Waals surface area contributed by atoms with Gasteiger partial charge in [-0.2, -0.15) is 0 Å². The maximum Gasteiger partial charge on any atom is 0.190 e. The van der Waals surface area contributed by atoms with Crippen LogP contribution in [0.4, 0.5) is 5.69 Å². The predicted molar refractivity (Wildman–Crippen MR) is 127 cm³/mol. The fourth-order valence-electron chi connectivity index (χ4n) is 3.28. The second-order valence-corrected chi connectivity index (χ2v) is 7.25. The molecule has 1 atom stereocenters. The van der Waals surface area contributed by atoms with Gasteiger partial charge in [-0.05, 0) is 56.7 Å². The molecule has 1 aliphatic heterocycles. The van der Waals surface area contributed by atoms with E-state index in [1.165, 1.54) is 17.7 Å². The zero-order valence-corrected chi connectivity index (χ0v) is 19.8. The van der Waals surface area contributed by atoms with Gasteiger partial charge in [-0.25, -0.2) is 0 Å². The largest absolute Gasteiger partial charge is 0.382 e. The Kier molecular flexibility index (Phi) is 12.1. The predicted octanol–water partition coefficient (Wildman–Crippen LogP) is 4.07. The van der Waals surface area contributed by atoms with Crippen LogP contribution in [-0.2, 0) is 4.74 Å². The Morgan fingerprint density at radius 1 is 1.33 bits per heavy atom. The summed E-state index contributed by atoms with van der Waals surface area (Å²) in [6.07, 6.45) is 3.35. The number of aliphatic imine (C=N–C) groups is 1. The fourth-order valence-corrected chi connectivity index (χ4v) is 3.45. The van der Waals surface area contributed by atoms with Gasteiger partial charge in [0.1, 0.15) is 0 Å². The molecule has 0 amide bonds. The Balaban J connectivity index is 0.00000364. The van der Waals surface area contributed by atoms with E-state index >= 15 is 0 Å². The van der Waals surface area contributed by atoms with Crippen LogP contribution >= 0.6 is 35.6 Å². The van der Waals surface area contributed by atoms with Crippen molar-refractivity contribution in [1.29, 1.82) is 0 Å². The van der Waals surface area contributed by atoms with E-state index in [9.17, 15) is 0 Å². The van der Waals surface area contributed by atoms with E-state index in [0.717, 1.165) is 63.2 Å². The second-order valence-electron chi connectivity index (χ2n) is 6.82. The summed E-state index contributed by atoms with van der Waals surface area (Å²) < 4.78 is 5.36. The molecule has 1 heterocycles. The molecule has 1 aromatic carbocycles. The molecule has 0 aliphatic carbocycles. The molecule has 1 unspecified atom stereocenters. The van der Waals surface area contributed by atoms with Crippen LogP contribution in [-0.4, -0.2) is 52.4 Å². The molecule has 27 heavy (non-hydrogen) atoms. The zero-order chi connectivity index (χ0) is 18.8. The number of aryl methyl sites for hydroxylation is 1. The number of rotatable bonds is 9. The van der Waals surface area contributed by atoms with Gasteiger partial charge in [0.2, 0.25) is 0 Å². The van der Waals surface area contributed by atoms with Crippen LogP contribution in [0.3, 0.4) is 0 Å².